The molecule has 0 spiro atoms. The summed E-state index contributed by atoms with van der Waals surface area (Å²) in [5.41, 5.74) is -1.07. The number of allylic oxidation sites excluding steroid dienone is 2. The van der Waals surface area contributed by atoms with Gasteiger partial charge >= 0.3 is 51.4 Å². The van der Waals surface area contributed by atoms with E-state index < -0.39 is 23.1 Å². The minimum absolute atomic E-state index is 0. The number of carbonyl (C=O) groups excluding carboxylic acids is 1. The van der Waals surface area contributed by atoms with Crippen LogP contribution in [-0.2, 0) is 4.79 Å². The van der Waals surface area contributed by atoms with E-state index in [0.29, 0.717) is 10.6 Å². The molecule has 1 aliphatic carbocycles. The summed E-state index contributed by atoms with van der Waals surface area (Å²) in [7, 11) is 0. The molecule has 0 bridgehead atoms. The van der Waals surface area contributed by atoms with Crippen LogP contribution in [0.4, 0.5) is 0 Å². The van der Waals surface area contributed by atoms with Crippen molar-refractivity contribution in [3.05, 3.63) is 32.9 Å². The SMILES string of the molecule is CC1=CC(NCC(=O)[O-])([N+](=O)[O-])CC=C1Cl.[K+]. The summed E-state index contributed by atoms with van der Waals surface area (Å²) in [5, 5.41) is 24.0. The minimum atomic E-state index is -1.61. The van der Waals surface area contributed by atoms with Gasteiger partial charge in [0.2, 0.25) is 0 Å². The molecule has 1 N–H and O–H groups in total. The molecular weight excluding hydrogens is 275 g/mol. The van der Waals surface area contributed by atoms with Gasteiger partial charge in [0, 0.05) is 22.6 Å². The molecule has 0 amide bonds. The first-order valence-corrected chi connectivity index (χ1v) is 4.90. The van der Waals surface area contributed by atoms with Crippen molar-refractivity contribution in [3.63, 3.8) is 0 Å². The Kier molecular flexibility index (Phi) is 7.08. The Bertz CT molecular complexity index is 396. The van der Waals surface area contributed by atoms with Gasteiger partial charge in [-0.3, -0.25) is 10.1 Å². The van der Waals surface area contributed by atoms with Gasteiger partial charge < -0.3 is 9.90 Å². The van der Waals surface area contributed by atoms with Gasteiger partial charge in [-0.2, -0.15) is 0 Å². The molecule has 0 radical (unpaired) electrons. The number of aliphatic carboxylic acids is 1. The maximum absolute atomic E-state index is 11.0. The summed E-state index contributed by atoms with van der Waals surface area (Å²) in [6.45, 7) is 1.03. The maximum atomic E-state index is 11.0. The fourth-order valence-corrected chi connectivity index (χ4v) is 1.56. The summed E-state index contributed by atoms with van der Waals surface area (Å²) in [5.74, 6) is -1.40. The fraction of sp³-hybridized carbons (Fsp3) is 0.444. The number of nitro groups is 1. The topological polar surface area (TPSA) is 95.3 Å². The van der Waals surface area contributed by atoms with Crippen molar-refractivity contribution in [2.24, 2.45) is 0 Å². The first-order chi connectivity index (χ1) is 7.37. The molecule has 0 fully saturated rings. The van der Waals surface area contributed by atoms with Crippen LogP contribution in [0.1, 0.15) is 13.3 Å². The van der Waals surface area contributed by atoms with Crippen molar-refractivity contribution in [1.29, 1.82) is 0 Å². The zero-order chi connectivity index (χ0) is 12.3. The molecule has 0 aliphatic heterocycles. The molecule has 0 aromatic carbocycles. The van der Waals surface area contributed by atoms with Crippen LogP contribution >= 0.6 is 11.6 Å². The fourth-order valence-electron chi connectivity index (χ4n) is 1.43. The van der Waals surface area contributed by atoms with Gasteiger partial charge in [-0.05, 0) is 12.5 Å². The van der Waals surface area contributed by atoms with Crippen LogP contribution in [0.25, 0.3) is 0 Å². The number of nitrogens with one attached hydrogen (secondary N) is 1. The Hall–Kier alpha value is 0.236. The molecule has 1 aliphatic rings. The Morgan fingerprint density at radius 3 is 2.71 bits per heavy atom. The van der Waals surface area contributed by atoms with Gasteiger partial charge in [-0.1, -0.05) is 17.7 Å². The van der Waals surface area contributed by atoms with E-state index in [2.05, 4.69) is 5.32 Å². The van der Waals surface area contributed by atoms with E-state index in [0.717, 1.165) is 0 Å². The van der Waals surface area contributed by atoms with Crippen LogP contribution in [-0.4, -0.2) is 23.1 Å². The molecule has 0 saturated carbocycles. The van der Waals surface area contributed by atoms with E-state index in [-0.39, 0.29) is 57.8 Å². The largest absolute Gasteiger partial charge is 1.00 e. The van der Waals surface area contributed by atoms with E-state index in [9.17, 15) is 20.0 Å². The second-order valence-corrected chi connectivity index (χ2v) is 3.90. The van der Waals surface area contributed by atoms with Gasteiger partial charge in [0.1, 0.15) is 0 Å². The van der Waals surface area contributed by atoms with Gasteiger partial charge in [-0.25, -0.2) is 5.32 Å². The number of carboxylic acids is 1. The van der Waals surface area contributed by atoms with Gasteiger partial charge in [-0.15, -0.1) is 0 Å². The van der Waals surface area contributed by atoms with E-state index in [1.165, 1.54) is 12.2 Å². The predicted octanol–water partition coefficient (Wildman–Crippen LogP) is -3.22. The number of carbonyl (C=O) groups is 1. The van der Waals surface area contributed by atoms with E-state index in [1.807, 2.05) is 0 Å². The first kappa shape index (κ1) is 17.2. The van der Waals surface area contributed by atoms with Crippen molar-refractivity contribution in [3.8, 4) is 0 Å². The van der Waals surface area contributed by atoms with Crippen molar-refractivity contribution < 1.29 is 66.2 Å². The summed E-state index contributed by atoms with van der Waals surface area (Å²) < 4.78 is 0. The molecule has 1 rings (SSSR count). The van der Waals surface area contributed by atoms with E-state index in [1.54, 1.807) is 6.92 Å². The number of hydrogen-bond donors (Lipinski definition) is 1. The van der Waals surface area contributed by atoms with Crippen LogP contribution in [0, 0.1) is 10.1 Å². The second-order valence-electron chi connectivity index (χ2n) is 3.49. The van der Waals surface area contributed by atoms with E-state index >= 15 is 0 Å². The number of halogens is 1. The molecule has 17 heavy (non-hydrogen) atoms. The Morgan fingerprint density at radius 1 is 1.71 bits per heavy atom. The Morgan fingerprint density at radius 2 is 2.29 bits per heavy atom. The standard InChI is InChI=1S/C9H11ClN2O4.K/c1-6-4-9(12(15)16,3-2-7(6)10)11-5-8(13)14;/h2,4,11H,3,5H2,1H3,(H,13,14);/q;+1/p-1. The van der Waals surface area contributed by atoms with Crippen LogP contribution in [0.3, 0.4) is 0 Å². The van der Waals surface area contributed by atoms with Gasteiger partial charge in [0.15, 0.2) is 0 Å². The molecule has 88 valence electrons. The average molecular weight is 285 g/mol. The monoisotopic (exact) mass is 284 g/mol. The minimum Gasteiger partial charge on any atom is -0.549 e. The van der Waals surface area contributed by atoms with Crippen molar-refractivity contribution in [1.82, 2.24) is 5.32 Å². The molecule has 0 saturated heterocycles. The second kappa shape index (κ2) is 6.98. The number of hydrogen-bond acceptors (Lipinski definition) is 5. The molecule has 0 aromatic heterocycles. The predicted molar refractivity (Wildman–Crippen MR) is 55.0 cm³/mol. The summed E-state index contributed by atoms with van der Waals surface area (Å²) >= 11 is 5.78. The number of carboxylic acid groups (broad SMARTS) is 1. The van der Waals surface area contributed by atoms with Gasteiger partial charge in [0.25, 0.3) is 5.66 Å². The van der Waals surface area contributed by atoms with Crippen LogP contribution in [0.15, 0.2) is 22.8 Å². The van der Waals surface area contributed by atoms with Crippen molar-refractivity contribution >= 4 is 17.6 Å². The Labute approximate surface area is 146 Å². The Balaban J connectivity index is 0.00000256. The number of nitrogens with zero attached hydrogens (tertiary/aromatic N) is 1. The van der Waals surface area contributed by atoms with Gasteiger partial charge in [0.05, 0.1) is 12.4 Å². The van der Waals surface area contributed by atoms with Crippen LogP contribution in [0.5, 0.6) is 0 Å². The molecule has 1 atom stereocenters. The summed E-state index contributed by atoms with van der Waals surface area (Å²) in [6, 6.07) is 0. The molecule has 1 unspecified atom stereocenters. The molecular formula is C9H10ClKN2O4. The molecule has 0 aromatic rings. The zero-order valence-electron chi connectivity index (χ0n) is 9.53. The van der Waals surface area contributed by atoms with Crippen LogP contribution in [0.2, 0.25) is 0 Å². The quantitative estimate of drug-likeness (QED) is 0.254. The molecule has 0 heterocycles. The summed E-state index contributed by atoms with van der Waals surface area (Å²) in [4.78, 5) is 20.7. The maximum Gasteiger partial charge on any atom is 1.00 e. The third-order valence-corrected chi connectivity index (χ3v) is 2.74. The summed E-state index contributed by atoms with van der Waals surface area (Å²) in [6.07, 6.45) is 2.81. The van der Waals surface area contributed by atoms with Crippen molar-refractivity contribution in [2.75, 3.05) is 6.54 Å². The third kappa shape index (κ3) is 4.44. The van der Waals surface area contributed by atoms with Crippen molar-refractivity contribution in [2.45, 2.75) is 19.0 Å². The number of rotatable bonds is 4. The first-order valence-electron chi connectivity index (χ1n) is 4.52. The smallest absolute Gasteiger partial charge is 0.549 e. The van der Waals surface area contributed by atoms with E-state index in [4.69, 9.17) is 11.6 Å². The third-order valence-electron chi connectivity index (χ3n) is 2.29. The normalized spacial score (nSPS) is 23.2. The zero-order valence-corrected chi connectivity index (χ0v) is 13.4. The molecule has 8 heteroatoms. The average Bonchev–Trinajstić information content (AvgIpc) is 2.20. The molecule has 6 nitrogen and oxygen atoms in total. The van der Waals surface area contributed by atoms with Crippen LogP contribution < -0.4 is 61.8 Å².